The van der Waals surface area contributed by atoms with Crippen LogP contribution >= 0.6 is 0 Å². The maximum absolute atomic E-state index is 4.16. The highest BCUT2D eigenvalue weighted by Gasteiger charge is 2.38. The second-order valence-corrected chi connectivity index (χ2v) is 4.23. The predicted molar refractivity (Wildman–Crippen MR) is 55.0 cm³/mol. The molecule has 0 radical (unpaired) electrons. The number of fused-ring (bicyclic) bond motifs is 2. The number of piperidine rings is 1. The van der Waals surface area contributed by atoms with Crippen molar-refractivity contribution in [2.24, 2.45) is 16.8 Å². The van der Waals surface area contributed by atoms with Crippen LogP contribution in [0.2, 0.25) is 0 Å². The molecule has 74 valence electrons. The fraction of sp³-hybridized carbons (Fsp3) is 0.900. The van der Waals surface area contributed by atoms with Gasteiger partial charge in [-0.2, -0.15) is 0 Å². The Kier molecular flexibility index (Phi) is 2.54. The quantitative estimate of drug-likeness (QED) is 0.459. The molecular formula is C10H19N3. The summed E-state index contributed by atoms with van der Waals surface area (Å²) in [6.07, 6.45) is 2.76. The van der Waals surface area contributed by atoms with Crippen LogP contribution in [-0.2, 0) is 0 Å². The summed E-state index contributed by atoms with van der Waals surface area (Å²) in [5, 5.41) is 7.03. The van der Waals surface area contributed by atoms with Crippen molar-refractivity contribution in [2.45, 2.75) is 25.8 Å². The third-order valence-electron chi connectivity index (χ3n) is 3.45. The Hall–Kier alpha value is -0.570. The van der Waals surface area contributed by atoms with Crippen LogP contribution in [0.5, 0.6) is 0 Å². The van der Waals surface area contributed by atoms with Crippen molar-refractivity contribution in [1.29, 1.82) is 0 Å². The minimum atomic E-state index is 0.685. The van der Waals surface area contributed by atoms with Gasteiger partial charge in [0.15, 0.2) is 0 Å². The molecule has 0 amide bonds. The van der Waals surface area contributed by atoms with E-state index in [-0.39, 0.29) is 0 Å². The van der Waals surface area contributed by atoms with Crippen molar-refractivity contribution in [1.82, 2.24) is 10.6 Å². The highest BCUT2D eigenvalue weighted by atomic mass is 15.1. The molecule has 2 fully saturated rings. The first-order chi connectivity index (χ1) is 6.31. The monoisotopic (exact) mass is 181 g/mol. The summed E-state index contributed by atoms with van der Waals surface area (Å²) in [4.78, 5) is 4.16. The molecular weight excluding hydrogens is 162 g/mol. The number of nitrogens with one attached hydrogen (secondary N) is 2. The van der Waals surface area contributed by atoms with Crippen LogP contribution in [0.3, 0.4) is 0 Å². The summed E-state index contributed by atoms with van der Waals surface area (Å²) in [6, 6.07) is 0.685. The van der Waals surface area contributed by atoms with Gasteiger partial charge in [0.05, 0.1) is 5.84 Å². The van der Waals surface area contributed by atoms with E-state index in [9.17, 15) is 0 Å². The molecule has 0 unspecified atom stereocenters. The number of nitrogens with zero attached hydrogens (tertiary/aromatic N) is 1. The zero-order chi connectivity index (χ0) is 9.26. The lowest BCUT2D eigenvalue weighted by atomic mass is 9.93. The van der Waals surface area contributed by atoms with Gasteiger partial charge in [0.1, 0.15) is 0 Å². The first-order valence-electron chi connectivity index (χ1n) is 5.22. The molecule has 2 bridgehead atoms. The Morgan fingerprint density at radius 2 is 1.92 bits per heavy atom. The SMILES string of the molecule is C/N=C(\C)N[C@@H]1[C@@H]2CC[C@H]1CNC2. The summed E-state index contributed by atoms with van der Waals surface area (Å²) < 4.78 is 0. The number of aliphatic imine (C=N–C) groups is 1. The average molecular weight is 181 g/mol. The highest BCUT2D eigenvalue weighted by molar-refractivity contribution is 5.79. The Balaban J connectivity index is 1.99. The summed E-state index contributed by atoms with van der Waals surface area (Å²) in [5.41, 5.74) is 0. The molecule has 13 heavy (non-hydrogen) atoms. The zero-order valence-electron chi connectivity index (χ0n) is 8.51. The first-order valence-corrected chi connectivity index (χ1v) is 5.22. The van der Waals surface area contributed by atoms with Gasteiger partial charge in [0.2, 0.25) is 0 Å². The van der Waals surface area contributed by atoms with Crippen molar-refractivity contribution in [3.8, 4) is 0 Å². The molecule has 0 aromatic carbocycles. The largest absolute Gasteiger partial charge is 0.371 e. The van der Waals surface area contributed by atoms with Gasteiger partial charge in [0, 0.05) is 13.1 Å². The Morgan fingerprint density at radius 1 is 1.31 bits per heavy atom. The van der Waals surface area contributed by atoms with Gasteiger partial charge in [-0.25, -0.2) is 0 Å². The summed E-state index contributed by atoms with van der Waals surface area (Å²) in [6.45, 7) is 4.43. The van der Waals surface area contributed by atoms with E-state index in [2.05, 4.69) is 22.5 Å². The van der Waals surface area contributed by atoms with Crippen LogP contribution in [0.1, 0.15) is 19.8 Å². The minimum absolute atomic E-state index is 0.685. The van der Waals surface area contributed by atoms with Crippen molar-refractivity contribution in [3.63, 3.8) is 0 Å². The van der Waals surface area contributed by atoms with E-state index >= 15 is 0 Å². The van der Waals surface area contributed by atoms with E-state index in [0.717, 1.165) is 17.7 Å². The first kappa shape index (κ1) is 9.00. The van der Waals surface area contributed by atoms with Crippen molar-refractivity contribution in [3.05, 3.63) is 0 Å². The van der Waals surface area contributed by atoms with E-state index in [0.29, 0.717) is 6.04 Å². The van der Waals surface area contributed by atoms with Crippen molar-refractivity contribution >= 4 is 5.84 Å². The third-order valence-corrected chi connectivity index (χ3v) is 3.45. The second-order valence-electron chi connectivity index (χ2n) is 4.23. The minimum Gasteiger partial charge on any atom is -0.371 e. The molecule has 3 heteroatoms. The van der Waals surface area contributed by atoms with Crippen LogP contribution in [0.15, 0.2) is 4.99 Å². The number of rotatable bonds is 1. The highest BCUT2D eigenvalue weighted by Crippen LogP contribution is 2.33. The lowest BCUT2D eigenvalue weighted by Crippen LogP contribution is -2.50. The van der Waals surface area contributed by atoms with Gasteiger partial charge in [-0.1, -0.05) is 0 Å². The standard InChI is InChI=1S/C10H19N3/c1-7(11-2)13-10-8-3-4-9(10)6-12-5-8/h8-10,12H,3-6H2,1-2H3,(H,11,13)/t8-,9+,10-. The number of hydrogen-bond donors (Lipinski definition) is 2. The molecule has 0 aromatic heterocycles. The van der Waals surface area contributed by atoms with Crippen molar-refractivity contribution in [2.75, 3.05) is 20.1 Å². The van der Waals surface area contributed by atoms with Gasteiger partial charge in [0.25, 0.3) is 0 Å². The summed E-state index contributed by atoms with van der Waals surface area (Å²) in [5.74, 6) is 2.75. The third kappa shape index (κ3) is 1.70. The topological polar surface area (TPSA) is 36.4 Å². The van der Waals surface area contributed by atoms with Gasteiger partial charge < -0.3 is 10.6 Å². The fourth-order valence-electron chi connectivity index (χ4n) is 2.63. The Labute approximate surface area is 80.0 Å². The molecule has 2 rings (SSSR count). The molecule has 1 aliphatic heterocycles. The van der Waals surface area contributed by atoms with Crippen molar-refractivity contribution < 1.29 is 0 Å². The lowest BCUT2D eigenvalue weighted by molar-refractivity contribution is 0.300. The molecule has 0 spiro atoms. The molecule has 1 saturated carbocycles. The molecule has 1 heterocycles. The fourth-order valence-corrected chi connectivity index (χ4v) is 2.63. The Bertz CT molecular complexity index is 196. The zero-order valence-corrected chi connectivity index (χ0v) is 8.51. The molecule has 3 nitrogen and oxygen atoms in total. The van der Waals surface area contributed by atoms with Crippen LogP contribution in [0.25, 0.3) is 0 Å². The lowest BCUT2D eigenvalue weighted by Gasteiger charge is -2.32. The molecule has 1 saturated heterocycles. The van der Waals surface area contributed by atoms with Gasteiger partial charge >= 0.3 is 0 Å². The van der Waals surface area contributed by atoms with Crippen LogP contribution in [0, 0.1) is 11.8 Å². The van der Waals surface area contributed by atoms with E-state index in [1.165, 1.54) is 25.9 Å². The summed E-state index contributed by atoms with van der Waals surface area (Å²) in [7, 11) is 1.85. The average Bonchev–Trinajstić information content (AvgIpc) is 2.41. The molecule has 3 atom stereocenters. The summed E-state index contributed by atoms with van der Waals surface area (Å²) >= 11 is 0. The Morgan fingerprint density at radius 3 is 2.46 bits per heavy atom. The maximum Gasteiger partial charge on any atom is 0.0930 e. The van der Waals surface area contributed by atoms with Crippen LogP contribution in [0.4, 0.5) is 0 Å². The van der Waals surface area contributed by atoms with E-state index in [4.69, 9.17) is 0 Å². The van der Waals surface area contributed by atoms with Gasteiger partial charge in [-0.15, -0.1) is 0 Å². The van der Waals surface area contributed by atoms with Crippen LogP contribution < -0.4 is 10.6 Å². The molecule has 2 N–H and O–H groups in total. The molecule has 1 aliphatic carbocycles. The second kappa shape index (κ2) is 3.66. The molecule has 0 aromatic rings. The smallest absolute Gasteiger partial charge is 0.0930 e. The van der Waals surface area contributed by atoms with Gasteiger partial charge in [-0.3, -0.25) is 4.99 Å². The van der Waals surface area contributed by atoms with E-state index in [1.807, 2.05) is 7.05 Å². The normalized spacial score (nSPS) is 39.2. The predicted octanol–water partition coefficient (Wildman–Crippen LogP) is 0.622. The number of hydrogen-bond acceptors (Lipinski definition) is 2. The number of amidine groups is 1. The van der Waals surface area contributed by atoms with Crippen LogP contribution in [-0.4, -0.2) is 32.0 Å². The van der Waals surface area contributed by atoms with E-state index in [1.54, 1.807) is 0 Å². The van der Waals surface area contributed by atoms with Gasteiger partial charge in [-0.05, 0) is 44.7 Å². The van der Waals surface area contributed by atoms with E-state index < -0.39 is 0 Å². The molecule has 2 aliphatic rings. The maximum atomic E-state index is 4.16.